The minimum atomic E-state index is -0.826. The lowest BCUT2D eigenvalue weighted by Crippen LogP contribution is -2.50. The van der Waals surface area contributed by atoms with Crippen LogP contribution in [0.15, 0.2) is 0 Å². The van der Waals surface area contributed by atoms with Crippen molar-refractivity contribution in [1.82, 2.24) is 5.32 Å². The van der Waals surface area contributed by atoms with Gasteiger partial charge in [0, 0.05) is 5.92 Å². The second-order valence-corrected chi connectivity index (χ2v) is 5.72. The molecule has 18 heavy (non-hydrogen) atoms. The Morgan fingerprint density at radius 2 is 1.83 bits per heavy atom. The van der Waals surface area contributed by atoms with Crippen LogP contribution < -0.4 is 5.32 Å². The maximum Gasteiger partial charge on any atom is 0.305 e. The number of aliphatic carboxylic acids is 1. The maximum absolute atomic E-state index is 12.2. The van der Waals surface area contributed by atoms with Crippen LogP contribution in [0.4, 0.5) is 0 Å². The molecule has 2 N–H and O–H groups in total. The summed E-state index contributed by atoms with van der Waals surface area (Å²) in [5, 5.41) is 12.0. The van der Waals surface area contributed by atoms with E-state index in [0.717, 1.165) is 32.1 Å². The van der Waals surface area contributed by atoms with Crippen LogP contribution in [0.5, 0.6) is 0 Å². The van der Waals surface area contributed by atoms with Gasteiger partial charge in [0.2, 0.25) is 5.91 Å². The van der Waals surface area contributed by atoms with Crippen molar-refractivity contribution in [3.63, 3.8) is 0 Å². The number of carboxylic acids is 1. The van der Waals surface area contributed by atoms with Crippen molar-refractivity contribution in [2.75, 3.05) is 0 Å². The van der Waals surface area contributed by atoms with Crippen LogP contribution in [0.3, 0.4) is 0 Å². The summed E-state index contributed by atoms with van der Waals surface area (Å²) in [6.07, 6.45) is 4.60. The van der Waals surface area contributed by atoms with E-state index in [9.17, 15) is 9.59 Å². The molecule has 4 nitrogen and oxygen atoms in total. The maximum atomic E-state index is 12.2. The molecule has 4 heteroatoms. The normalized spacial score (nSPS) is 21.3. The molecule has 1 rings (SSSR count). The summed E-state index contributed by atoms with van der Waals surface area (Å²) in [5.74, 6) is -0.546. The molecule has 1 amide bonds. The molecular weight excluding hydrogens is 230 g/mol. The Bertz CT molecular complexity index is 308. The van der Waals surface area contributed by atoms with Crippen LogP contribution in [0, 0.1) is 11.8 Å². The van der Waals surface area contributed by atoms with Gasteiger partial charge in [-0.3, -0.25) is 9.59 Å². The Labute approximate surface area is 109 Å². The first-order valence-corrected chi connectivity index (χ1v) is 6.94. The van der Waals surface area contributed by atoms with Crippen molar-refractivity contribution in [3.8, 4) is 0 Å². The quantitative estimate of drug-likeness (QED) is 0.766. The number of rotatable bonds is 6. The third-order valence-electron chi connectivity index (χ3n) is 4.35. The molecule has 0 aromatic heterocycles. The van der Waals surface area contributed by atoms with Crippen LogP contribution in [-0.4, -0.2) is 22.5 Å². The van der Waals surface area contributed by atoms with Gasteiger partial charge in [-0.05, 0) is 18.8 Å². The molecule has 1 aliphatic rings. The highest BCUT2D eigenvalue weighted by Crippen LogP contribution is 2.33. The van der Waals surface area contributed by atoms with Crippen LogP contribution in [0.25, 0.3) is 0 Å². The largest absolute Gasteiger partial charge is 0.481 e. The summed E-state index contributed by atoms with van der Waals surface area (Å²) in [7, 11) is 0. The summed E-state index contributed by atoms with van der Waals surface area (Å²) < 4.78 is 0. The number of carbonyl (C=O) groups excluding carboxylic acids is 1. The zero-order chi connectivity index (χ0) is 13.8. The molecule has 0 aromatic rings. The first-order chi connectivity index (χ1) is 8.40. The first kappa shape index (κ1) is 15.0. The van der Waals surface area contributed by atoms with Gasteiger partial charge >= 0.3 is 5.97 Å². The average Bonchev–Trinajstić information content (AvgIpc) is 2.74. The summed E-state index contributed by atoms with van der Waals surface area (Å²) in [6, 6.07) is 0. The molecule has 0 saturated heterocycles. The zero-order valence-corrected chi connectivity index (χ0v) is 11.7. The van der Waals surface area contributed by atoms with Gasteiger partial charge in [0.15, 0.2) is 0 Å². The van der Waals surface area contributed by atoms with E-state index in [1.54, 1.807) is 0 Å². The Kier molecular flexibility index (Phi) is 5.17. The minimum absolute atomic E-state index is 0.00694. The van der Waals surface area contributed by atoms with Crippen LogP contribution in [0.1, 0.15) is 59.3 Å². The molecular formula is C14H25NO3. The van der Waals surface area contributed by atoms with E-state index in [0.29, 0.717) is 5.92 Å². The van der Waals surface area contributed by atoms with E-state index in [-0.39, 0.29) is 18.2 Å². The Morgan fingerprint density at radius 3 is 2.28 bits per heavy atom. The Hall–Kier alpha value is -1.06. The van der Waals surface area contributed by atoms with Crippen molar-refractivity contribution < 1.29 is 14.7 Å². The smallest absolute Gasteiger partial charge is 0.305 e. The number of hydrogen-bond donors (Lipinski definition) is 2. The number of nitrogens with one attached hydrogen (secondary N) is 1. The van der Waals surface area contributed by atoms with E-state index in [1.165, 1.54) is 0 Å². The number of amides is 1. The second kappa shape index (κ2) is 6.21. The van der Waals surface area contributed by atoms with Gasteiger partial charge in [-0.25, -0.2) is 0 Å². The van der Waals surface area contributed by atoms with E-state index in [4.69, 9.17) is 5.11 Å². The molecule has 0 aliphatic heterocycles. The lowest BCUT2D eigenvalue weighted by molar-refractivity contribution is -0.139. The number of hydrogen-bond acceptors (Lipinski definition) is 2. The summed E-state index contributed by atoms with van der Waals surface area (Å²) in [6.45, 7) is 6.05. The van der Waals surface area contributed by atoms with Gasteiger partial charge in [-0.1, -0.05) is 40.0 Å². The van der Waals surface area contributed by atoms with E-state index in [1.807, 2.05) is 6.92 Å². The molecule has 0 heterocycles. The number of carboxylic acid groups (broad SMARTS) is 1. The summed E-state index contributed by atoms with van der Waals surface area (Å²) >= 11 is 0. The monoisotopic (exact) mass is 255 g/mol. The molecule has 1 aliphatic carbocycles. The first-order valence-electron chi connectivity index (χ1n) is 6.94. The lowest BCUT2D eigenvalue weighted by atomic mass is 9.89. The molecule has 104 valence electrons. The fourth-order valence-electron chi connectivity index (χ4n) is 2.67. The highest BCUT2D eigenvalue weighted by Gasteiger charge is 2.38. The average molecular weight is 255 g/mol. The SMILES string of the molecule is CCC(C)C(C)C(=O)NC1(CC(=O)O)CCCC1. The molecule has 1 saturated carbocycles. The van der Waals surface area contributed by atoms with Crippen molar-refractivity contribution in [2.45, 2.75) is 64.8 Å². The molecule has 2 unspecified atom stereocenters. The van der Waals surface area contributed by atoms with Gasteiger partial charge in [-0.2, -0.15) is 0 Å². The molecule has 0 spiro atoms. The summed E-state index contributed by atoms with van der Waals surface area (Å²) in [4.78, 5) is 23.1. The second-order valence-electron chi connectivity index (χ2n) is 5.72. The van der Waals surface area contributed by atoms with Crippen molar-refractivity contribution in [1.29, 1.82) is 0 Å². The Balaban J connectivity index is 2.66. The van der Waals surface area contributed by atoms with Gasteiger partial charge in [0.25, 0.3) is 0 Å². The molecule has 1 fully saturated rings. The summed E-state index contributed by atoms with van der Waals surface area (Å²) in [5.41, 5.74) is -0.495. The lowest BCUT2D eigenvalue weighted by Gasteiger charge is -2.31. The van der Waals surface area contributed by atoms with Crippen LogP contribution >= 0.6 is 0 Å². The molecule has 0 aromatic carbocycles. The predicted octanol–water partition coefficient (Wildman–Crippen LogP) is 2.57. The number of carbonyl (C=O) groups is 2. The molecule has 0 radical (unpaired) electrons. The van der Waals surface area contributed by atoms with Crippen LogP contribution in [0.2, 0.25) is 0 Å². The molecule has 2 atom stereocenters. The van der Waals surface area contributed by atoms with E-state index < -0.39 is 11.5 Å². The predicted molar refractivity (Wildman–Crippen MR) is 70.2 cm³/mol. The Morgan fingerprint density at radius 1 is 1.28 bits per heavy atom. The van der Waals surface area contributed by atoms with E-state index >= 15 is 0 Å². The standard InChI is InChI=1S/C14H25NO3/c1-4-10(2)11(3)13(18)15-14(9-12(16)17)7-5-6-8-14/h10-11H,4-9H2,1-3H3,(H,15,18)(H,16,17). The topological polar surface area (TPSA) is 66.4 Å². The van der Waals surface area contributed by atoms with Crippen molar-refractivity contribution in [2.24, 2.45) is 11.8 Å². The van der Waals surface area contributed by atoms with E-state index in [2.05, 4.69) is 19.2 Å². The highest BCUT2D eigenvalue weighted by molar-refractivity contribution is 5.80. The van der Waals surface area contributed by atoms with Crippen molar-refractivity contribution >= 4 is 11.9 Å². The van der Waals surface area contributed by atoms with Gasteiger partial charge in [0.1, 0.15) is 0 Å². The highest BCUT2D eigenvalue weighted by atomic mass is 16.4. The third-order valence-corrected chi connectivity index (χ3v) is 4.35. The third kappa shape index (κ3) is 3.72. The van der Waals surface area contributed by atoms with Gasteiger partial charge < -0.3 is 10.4 Å². The van der Waals surface area contributed by atoms with Crippen molar-refractivity contribution in [3.05, 3.63) is 0 Å². The minimum Gasteiger partial charge on any atom is -0.481 e. The molecule has 0 bridgehead atoms. The van der Waals surface area contributed by atoms with Gasteiger partial charge in [0.05, 0.1) is 12.0 Å². The van der Waals surface area contributed by atoms with Crippen LogP contribution in [-0.2, 0) is 9.59 Å². The zero-order valence-electron chi connectivity index (χ0n) is 11.7. The fraction of sp³-hybridized carbons (Fsp3) is 0.857. The fourth-order valence-corrected chi connectivity index (χ4v) is 2.67. The van der Waals surface area contributed by atoms with Gasteiger partial charge in [-0.15, -0.1) is 0 Å².